The Hall–Kier alpha value is -1.74. The highest BCUT2D eigenvalue weighted by molar-refractivity contribution is 6.27. The molecule has 2 fully saturated rings. The average molecular weight is 608 g/mol. The van der Waals surface area contributed by atoms with E-state index in [1.165, 1.54) is 43.4 Å². The number of carbonyl (C=O) groups excluding carboxylic acids is 2. The minimum atomic E-state index is -0.657. The van der Waals surface area contributed by atoms with Crippen molar-refractivity contribution in [2.75, 3.05) is 13.2 Å². The number of unbranched alkanes of at least 4 members (excludes halogenated alkanes) is 9. The van der Waals surface area contributed by atoms with Gasteiger partial charge in [0.1, 0.15) is 11.3 Å². The van der Waals surface area contributed by atoms with Crippen molar-refractivity contribution in [1.29, 1.82) is 0 Å². The maximum absolute atomic E-state index is 12.7. The van der Waals surface area contributed by atoms with Gasteiger partial charge in [-0.25, -0.2) is 0 Å². The quantitative estimate of drug-likeness (QED) is 0.0302. The predicted molar refractivity (Wildman–Crippen MR) is 170 cm³/mol. The molecule has 1 amide bonds. The molecule has 0 aromatic rings. The lowest BCUT2D eigenvalue weighted by Crippen LogP contribution is -2.29. The summed E-state index contributed by atoms with van der Waals surface area (Å²) in [6, 6.07) is -0.610. The SMILES string of the molecule is CC(CCCCCCCCC/C=C/CC(O)CCCC(O)CCCCCO)CC(C)/C(O)=C1\C(=O)[C@@H]2C[C@@H](O)CN2C1=O. The normalized spacial score (nSPS) is 22.8. The molecule has 2 rings (SSSR count). The molecule has 0 aliphatic carbocycles. The Bertz CT molecular complexity index is 846. The minimum Gasteiger partial charge on any atom is -0.511 e. The topological polar surface area (TPSA) is 139 Å². The number of Topliss-reactive ketones (excluding diaryl/α,β-unsaturated/α-hetero) is 1. The van der Waals surface area contributed by atoms with Gasteiger partial charge in [0.15, 0.2) is 5.78 Å². The number of ketones is 1. The van der Waals surface area contributed by atoms with Gasteiger partial charge in [0.25, 0.3) is 5.91 Å². The molecule has 0 aromatic heterocycles. The first-order chi connectivity index (χ1) is 20.6. The standard InChI is InChI=1S/C35H61NO7/c1-26(23-27(2)33(41)32-34(42)31-24-30(40)25-36(31)35(32)43)17-12-9-7-5-3-4-6-8-10-13-18-28(38)20-16-21-29(39)19-14-11-15-22-37/h10,13,26-31,37-41H,3-9,11-12,14-25H2,1-2H3/b13-10+,33-32-/t26?,27?,28?,29?,30-,31+/m1/s1. The van der Waals surface area contributed by atoms with Crippen LogP contribution < -0.4 is 0 Å². The van der Waals surface area contributed by atoms with Crippen molar-refractivity contribution in [1.82, 2.24) is 4.90 Å². The van der Waals surface area contributed by atoms with E-state index < -0.39 is 18.1 Å². The highest BCUT2D eigenvalue weighted by atomic mass is 16.3. The molecule has 2 aliphatic heterocycles. The van der Waals surface area contributed by atoms with Crippen LogP contribution >= 0.6 is 0 Å². The number of fused-ring (bicyclic) bond motifs is 1. The molecule has 0 bridgehead atoms. The fourth-order valence-electron chi connectivity index (χ4n) is 6.55. The molecule has 4 unspecified atom stereocenters. The van der Waals surface area contributed by atoms with Gasteiger partial charge >= 0.3 is 0 Å². The molecule has 0 spiro atoms. The number of allylic oxidation sites excluding steroid dienone is 2. The molecule has 0 aromatic carbocycles. The molecule has 8 heteroatoms. The van der Waals surface area contributed by atoms with Gasteiger partial charge in [-0.15, -0.1) is 0 Å². The zero-order valence-corrected chi connectivity index (χ0v) is 27.0. The van der Waals surface area contributed by atoms with Gasteiger partial charge in [-0.3, -0.25) is 9.59 Å². The van der Waals surface area contributed by atoms with Gasteiger partial charge < -0.3 is 30.4 Å². The van der Waals surface area contributed by atoms with Crippen molar-refractivity contribution >= 4 is 11.7 Å². The monoisotopic (exact) mass is 607 g/mol. The van der Waals surface area contributed by atoms with E-state index in [2.05, 4.69) is 19.1 Å². The van der Waals surface area contributed by atoms with Gasteiger partial charge in [-0.2, -0.15) is 0 Å². The van der Waals surface area contributed by atoms with Crippen LogP contribution in [0.1, 0.15) is 136 Å². The largest absolute Gasteiger partial charge is 0.511 e. The summed E-state index contributed by atoms with van der Waals surface area (Å²) in [5.74, 6) is -0.687. The Labute approximate surface area is 260 Å². The molecular formula is C35H61NO7. The van der Waals surface area contributed by atoms with E-state index in [1.54, 1.807) is 0 Å². The Balaban J connectivity index is 1.43. The van der Waals surface area contributed by atoms with E-state index >= 15 is 0 Å². The van der Waals surface area contributed by atoms with E-state index in [1.807, 2.05) is 6.92 Å². The zero-order valence-electron chi connectivity index (χ0n) is 27.0. The predicted octanol–water partition coefficient (Wildman–Crippen LogP) is 5.91. The van der Waals surface area contributed by atoms with E-state index in [0.29, 0.717) is 12.3 Å². The fraction of sp³-hybridized carbons (Fsp3) is 0.829. The third-order valence-corrected chi connectivity index (χ3v) is 9.19. The second-order valence-electron chi connectivity index (χ2n) is 13.3. The summed E-state index contributed by atoms with van der Waals surface area (Å²) >= 11 is 0. The van der Waals surface area contributed by atoms with Crippen LogP contribution in [-0.2, 0) is 9.59 Å². The van der Waals surface area contributed by atoms with Crippen LogP contribution in [0.15, 0.2) is 23.5 Å². The minimum absolute atomic E-state index is 0.0604. The maximum atomic E-state index is 12.7. The van der Waals surface area contributed by atoms with Crippen LogP contribution in [0.4, 0.5) is 0 Å². The molecule has 5 N–H and O–H groups in total. The Morgan fingerprint density at radius 1 is 0.837 bits per heavy atom. The Kier molecular flexibility index (Phi) is 18.4. The summed E-state index contributed by atoms with van der Waals surface area (Å²) in [6.07, 6.45) is 21.0. The van der Waals surface area contributed by atoms with Crippen molar-refractivity contribution in [2.45, 2.75) is 160 Å². The van der Waals surface area contributed by atoms with Crippen molar-refractivity contribution in [2.24, 2.45) is 11.8 Å². The molecule has 248 valence electrons. The van der Waals surface area contributed by atoms with Crippen molar-refractivity contribution < 1.29 is 35.1 Å². The summed E-state index contributed by atoms with van der Waals surface area (Å²) in [7, 11) is 0. The molecule has 8 nitrogen and oxygen atoms in total. The van der Waals surface area contributed by atoms with Crippen LogP contribution in [0.5, 0.6) is 0 Å². The summed E-state index contributed by atoms with van der Waals surface area (Å²) in [5, 5.41) is 49.4. The smallest absolute Gasteiger partial charge is 0.261 e. The van der Waals surface area contributed by atoms with Crippen LogP contribution in [0, 0.1) is 11.8 Å². The molecule has 0 saturated carbocycles. The van der Waals surface area contributed by atoms with Gasteiger partial charge in [0.2, 0.25) is 0 Å². The number of hydrogen-bond acceptors (Lipinski definition) is 7. The summed E-state index contributed by atoms with van der Waals surface area (Å²) in [5.41, 5.74) is -0.0604. The van der Waals surface area contributed by atoms with Gasteiger partial charge in [0, 0.05) is 25.5 Å². The fourth-order valence-corrected chi connectivity index (χ4v) is 6.55. The Morgan fingerprint density at radius 2 is 1.44 bits per heavy atom. The first-order valence-corrected chi connectivity index (χ1v) is 17.2. The molecule has 0 radical (unpaired) electrons. The Morgan fingerprint density at radius 3 is 2.14 bits per heavy atom. The van der Waals surface area contributed by atoms with Crippen LogP contribution in [0.25, 0.3) is 0 Å². The summed E-state index contributed by atoms with van der Waals surface area (Å²) in [6.45, 7) is 4.44. The molecule has 2 aliphatic rings. The van der Waals surface area contributed by atoms with Gasteiger partial charge in [0.05, 0.1) is 24.4 Å². The first kappa shape index (κ1) is 37.4. The highest BCUT2D eigenvalue weighted by Crippen LogP contribution is 2.34. The highest BCUT2D eigenvalue weighted by Gasteiger charge is 2.50. The number of aliphatic hydroxyl groups excluding tert-OH is 5. The van der Waals surface area contributed by atoms with E-state index in [-0.39, 0.29) is 54.8 Å². The van der Waals surface area contributed by atoms with Crippen LogP contribution in [-0.4, -0.2) is 79.6 Å². The van der Waals surface area contributed by atoms with Crippen molar-refractivity contribution in [3.8, 4) is 0 Å². The van der Waals surface area contributed by atoms with Gasteiger partial charge in [-0.1, -0.05) is 83.8 Å². The van der Waals surface area contributed by atoms with Crippen molar-refractivity contribution in [3.63, 3.8) is 0 Å². The van der Waals surface area contributed by atoms with Gasteiger partial charge in [-0.05, 0) is 63.7 Å². The summed E-state index contributed by atoms with van der Waals surface area (Å²) < 4.78 is 0. The van der Waals surface area contributed by atoms with Crippen LogP contribution in [0.3, 0.4) is 0 Å². The number of aliphatic hydroxyl groups is 5. The van der Waals surface area contributed by atoms with E-state index in [9.17, 15) is 30.0 Å². The van der Waals surface area contributed by atoms with E-state index in [0.717, 1.165) is 70.6 Å². The lowest BCUT2D eigenvalue weighted by molar-refractivity contribution is -0.125. The number of nitrogens with zero attached hydrogens (tertiary/aromatic N) is 1. The van der Waals surface area contributed by atoms with E-state index in [4.69, 9.17) is 5.11 Å². The average Bonchev–Trinajstić information content (AvgIpc) is 3.46. The molecule has 6 atom stereocenters. The second kappa shape index (κ2) is 21.1. The first-order valence-electron chi connectivity index (χ1n) is 17.2. The lowest BCUT2D eigenvalue weighted by Gasteiger charge is -2.18. The third-order valence-electron chi connectivity index (χ3n) is 9.19. The molecular weight excluding hydrogens is 546 g/mol. The zero-order chi connectivity index (χ0) is 31.6. The van der Waals surface area contributed by atoms with Crippen molar-refractivity contribution in [3.05, 3.63) is 23.5 Å². The third kappa shape index (κ3) is 13.8. The number of rotatable bonds is 24. The molecule has 2 saturated heterocycles. The summed E-state index contributed by atoms with van der Waals surface area (Å²) in [4.78, 5) is 26.7. The van der Waals surface area contributed by atoms with Crippen LogP contribution in [0.2, 0.25) is 0 Å². The number of carbonyl (C=O) groups is 2. The molecule has 43 heavy (non-hydrogen) atoms. The number of amides is 1. The number of hydrogen-bond donors (Lipinski definition) is 5. The molecule has 2 heterocycles. The second-order valence-corrected chi connectivity index (χ2v) is 13.3. The maximum Gasteiger partial charge on any atom is 0.261 e. The lowest BCUT2D eigenvalue weighted by atomic mass is 9.89.